The minimum atomic E-state index is 0.467. The fourth-order valence-electron chi connectivity index (χ4n) is 1.84. The molecular formula is C17H18Cl2N4S. The lowest BCUT2D eigenvalue weighted by Gasteiger charge is -2.16. The zero-order valence-corrected chi connectivity index (χ0v) is 16.0. The predicted octanol–water partition coefficient (Wildman–Crippen LogP) is 4.72. The zero-order valence-electron chi connectivity index (χ0n) is 13.6. The van der Waals surface area contributed by atoms with Crippen LogP contribution < -0.4 is 10.2 Å². The van der Waals surface area contributed by atoms with E-state index < -0.39 is 0 Å². The van der Waals surface area contributed by atoms with E-state index >= 15 is 0 Å². The largest absolute Gasteiger partial charge is 0.378 e. The summed E-state index contributed by atoms with van der Waals surface area (Å²) in [5, 5.41) is 10.8. The summed E-state index contributed by atoms with van der Waals surface area (Å²) in [6.07, 6.45) is 1.68. The van der Waals surface area contributed by atoms with E-state index in [9.17, 15) is 0 Å². The number of hydrogen-bond donors (Lipinski definition) is 1. The molecule has 24 heavy (non-hydrogen) atoms. The van der Waals surface area contributed by atoms with Crippen molar-refractivity contribution in [3.63, 3.8) is 0 Å². The number of nitrogens with one attached hydrogen (secondary N) is 1. The van der Waals surface area contributed by atoms with Gasteiger partial charge in [0.15, 0.2) is 5.11 Å². The van der Waals surface area contributed by atoms with E-state index in [1.165, 1.54) is 0 Å². The summed E-state index contributed by atoms with van der Waals surface area (Å²) in [4.78, 5) is 1.99. The van der Waals surface area contributed by atoms with Crippen molar-refractivity contribution in [1.29, 1.82) is 0 Å². The maximum atomic E-state index is 6.28. The van der Waals surface area contributed by atoms with Crippen LogP contribution in [0.15, 0.2) is 47.6 Å². The van der Waals surface area contributed by atoms with Crippen LogP contribution in [0.25, 0.3) is 0 Å². The first-order valence-corrected chi connectivity index (χ1v) is 8.34. The van der Waals surface area contributed by atoms with Crippen molar-refractivity contribution in [2.75, 3.05) is 31.4 Å². The van der Waals surface area contributed by atoms with Gasteiger partial charge in [-0.2, -0.15) is 5.10 Å². The molecule has 0 aliphatic carbocycles. The van der Waals surface area contributed by atoms with Crippen molar-refractivity contribution in [2.45, 2.75) is 0 Å². The Hall–Kier alpha value is -1.82. The molecule has 7 heteroatoms. The Bertz CT molecular complexity index is 745. The average molecular weight is 381 g/mol. The molecule has 2 aromatic rings. The summed E-state index contributed by atoms with van der Waals surface area (Å²) >= 11 is 17.5. The standard InChI is InChI=1S/C17H18Cl2N4S/c1-22(2)15-9-4-12(16(19)10-15)11-20-23(3)17(24)21-14-7-5-13(18)6-8-14/h4-11H,1-3H3,(H,21,24)/b20-11+. The van der Waals surface area contributed by atoms with Crippen LogP contribution in [0.5, 0.6) is 0 Å². The number of nitrogens with zero attached hydrogens (tertiary/aromatic N) is 3. The average Bonchev–Trinajstić information content (AvgIpc) is 2.55. The van der Waals surface area contributed by atoms with E-state index in [1.807, 2.05) is 49.3 Å². The quantitative estimate of drug-likeness (QED) is 0.472. The van der Waals surface area contributed by atoms with E-state index in [1.54, 1.807) is 30.4 Å². The highest BCUT2D eigenvalue weighted by molar-refractivity contribution is 7.80. The first-order chi connectivity index (χ1) is 11.4. The number of hydrogen-bond acceptors (Lipinski definition) is 3. The number of thiocarbonyl (C=S) groups is 1. The van der Waals surface area contributed by atoms with Gasteiger partial charge in [0.1, 0.15) is 0 Å². The SMILES string of the molecule is CN(/N=C/c1ccc(N(C)C)cc1Cl)C(=S)Nc1ccc(Cl)cc1. The van der Waals surface area contributed by atoms with E-state index in [2.05, 4.69) is 10.4 Å². The van der Waals surface area contributed by atoms with Gasteiger partial charge in [0.2, 0.25) is 0 Å². The fourth-order valence-corrected chi connectivity index (χ4v) is 2.35. The predicted molar refractivity (Wildman–Crippen MR) is 109 cm³/mol. The first kappa shape index (κ1) is 18.5. The molecule has 0 unspecified atom stereocenters. The zero-order chi connectivity index (χ0) is 17.7. The van der Waals surface area contributed by atoms with Gasteiger partial charge in [0.25, 0.3) is 0 Å². The molecule has 0 atom stereocenters. The molecule has 0 fully saturated rings. The monoisotopic (exact) mass is 380 g/mol. The topological polar surface area (TPSA) is 30.9 Å². The summed E-state index contributed by atoms with van der Waals surface area (Å²) < 4.78 is 0. The van der Waals surface area contributed by atoms with Gasteiger partial charge in [-0.1, -0.05) is 23.2 Å². The Kier molecular flexibility index (Phi) is 6.43. The highest BCUT2D eigenvalue weighted by Crippen LogP contribution is 2.21. The molecule has 126 valence electrons. The number of benzene rings is 2. The van der Waals surface area contributed by atoms with Gasteiger partial charge in [-0.15, -0.1) is 0 Å². The number of hydrazone groups is 1. The maximum absolute atomic E-state index is 6.28. The second-order valence-corrected chi connectivity index (χ2v) is 6.54. The van der Waals surface area contributed by atoms with Gasteiger partial charge in [0.05, 0.1) is 11.2 Å². The molecule has 0 aliphatic rings. The molecule has 0 aliphatic heterocycles. The molecule has 0 saturated heterocycles. The van der Waals surface area contributed by atoms with Crippen molar-refractivity contribution in [3.8, 4) is 0 Å². The van der Waals surface area contributed by atoms with Crippen molar-refractivity contribution < 1.29 is 0 Å². The van der Waals surface area contributed by atoms with Crippen LogP contribution in [0.4, 0.5) is 11.4 Å². The van der Waals surface area contributed by atoms with Gasteiger partial charge < -0.3 is 10.2 Å². The van der Waals surface area contributed by atoms with Crippen molar-refractivity contribution in [3.05, 3.63) is 58.1 Å². The van der Waals surface area contributed by atoms with Gasteiger partial charge in [-0.25, -0.2) is 5.01 Å². The highest BCUT2D eigenvalue weighted by atomic mass is 35.5. The van der Waals surface area contributed by atoms with Gasteiger partial charge >= 0.3 is 0 Å². The maximum Gasteiger partial charge on any atom is 0.193 e. The minimum absolute atomic E-state index is 0.467. The van der Waals surface area contributed by atoms with Crippen LogP contribution in [-0.2, 0) is 0 Å². The van der Waals surface area contributed by atoms with Gasteiger partial charge in [-0.3, -0.25) is 0 Å². The molecule has 2 rings (SSSR count). The number of anilines is 2. The lowest BCUT2D eigenvalue weighted by atomic mass is 10.2. The lowest BCUT2D eigenvalue weighted by molar-refractivity contribution is 0.557. The fraction of sp³-hybridized carbons (Fsp3) is 0.176. The first-order valence-electron chi connectivity index (χ1n) is 7.18. The molecule has 0 saturated carbocycles. The lowest BCUT2D eigenvalue weighted by Crippen LogP contribution is -2.26. The van der Waals surface area contributed by atoms with E-state index in [0.717, 1.165) is 16.9 Å². The number of halogens is 2. The Labute approximate surface area is 157 Å². The Morgan fingerprint density at radius 2 is 1.75 bits per heavy atom. The van der Waals surface area contributed by atoms with Crippen molar-refractivity contribution in [1.82, 2.24) is 5.01 Å². The molecule has 4 nitrogen and oxygen atoms in total. The van der Waals surface area contributed by atoms with Gasteiger partial charge in [-0.05, 0) is 54.7 Å². The molecule has 0 amide bonds. The van der Waals surface area contributed by atoms with Crippen molar-refractivity contribution >= 4 is 58.1 Å². The normalized spacial score (nSPS) is 10.7. The molecule has 1 N–H and O–H groups in total. The third kappa shape index (κ3) is 5.09. The van der Waals surface area contributed by atoms with Gasteiger partial charge in [0, 0.05) is 43.1 Å². The van der Waals surface area contributed by atoms with E-state index in [4.69, 9.17) is 35.4 Å². The second-order valence-electron chi connectivity index (χ2n) is 5.31. The third-order valence-electron chi connectivity index (χ3n) is 3.26. The Morgan fingerprint density at radius 3 is 2.33 bits per heavy atom. The van der Waals surface area contributed by atoms with Crippen LogP contribution >= 0.6 is 35.4 Å². The van der Waals surface area contributed by atoms with Crippen LogP contribution in [0.3, 0.4) is 0 Å². The third-order valence-corrected chi connectivity index (χ3v) is 4.21. The minimum Gasteiger partial charge on any atom is -0.378 e. The molecule has 0 radical (unpaired) electrons. The molecule has 0 aromatic heterocycles. The molecular weight excluding hydrogens is 363 g/mol. The molecule has 0 bridgehead atoms. The van der Waals surface area contributed by atoms with Crippen LogP contribution in [0, 0.1) is 0 Å². The van der Waals surface area contributed by atoms with Crippen LogP contribution in [0.2, 0.25) is 10.0 Å². The molecule has 0 heterocycles. The van der Waals surface area contributed by atoms with Crippen LogP contribution in [-0.4, -0.2) is 37.5 Å². The van der Waals surface area contributed by atoms with Crippen molar-refractivity contribution in [2.24, 2.45) is 5.10 Å². The summed E-state index contributed by atoms with van der Waals surface area (Å²) in [6, 6.07) is 13.1. The second kappa shape index (κ2) is 8.33. The summed E-state index contributed by atoms with van der Waals surface area (Å²) in [7, 11) is 5.70. The Morgan fingerprint density at radius 1 is 1.08 bits per heavy atom. The molecule has 0 spiro atoms. The van der Waals surface area contributed by atoms with E-state index in [-0.39, 0.29) is 0 Å². The number of rotatable bonds is 4. The molecule has 2 aromatic carbocycles. The summed E-state index contributed by atoms with van der Waals surface area (Å²) in [5.74, 6) is 0. The van der Waals surface area contributed by atoms with E-state index in [0.29, 0.717) is 15.2 Å². The summed E-state index contributed by atoms with van der Waals surface area (Å²) in [6.45, 7) is 0. The highest BCUT2D eigenvalue weighted by Gasteiger charge is 2.05. The smallest absolute Gasteiger partial charge is 0.193 e. The Balaban J connectivity index is 2.02. The summed E-state index contributed by atoms with van der Waals surface area (Å²) in [5.41, 5.74) is 2.70. The van der Waals surface area contributed by atoms with Crippen LogP contribution in [0.1, 0.15) is 5.56 Å².